The molecule has 2 amide bonds. The molecule has 28 heavy (non-hydrogen) atoms. The first kappa shape index (κ1) is 20.2. The Kier molecular flexibility index (Phi) is 6.25. The number of nitrogens with one attached hydrogen (secondary N) is 1. The Labute approximate surface area is 171 Å². The molecule has 0 aromatic heterocycles. The van der Waals surface area contributed by atoms with Crippen molar-refractivity contribution in [2.24, 2.45) is 5.92 Å². The molecular weight excluding hydrogens is 374 g/mol. The van der Waals surface area contributed by atoms with E-state index in [1.165, 1.54) is 0 Å². The summed E-state index contributed by atoms with van der Waals surface area (Å²) in [5.74, 6) is 0.0301. The van der Waals surface area contributed by atoms with Crippen molar-refractivity contribution in [1.82, 2.24) is 4.90 Å². The highest BCUT2D eigenvalue weighted by Gasteiger charge is 2.23. The highest BCUT2D eigenvalue weighted by molar-refractivity contribution is 6.34. The first-order chi connectivity index (χ1) is 13.3. The normalized spacial score (nSPS) is 14.3. The van der Waals surface area contributed by atoms with Crippen LogP contribution in [0, 0.1) is 12.8 Å². The van der Waals surface area contributed by atoms with Crippen molar-refractivity contribution in [3.05, 3.63) is 58.6 Å². The van der Waals surface area contributed by atoms with E-state index in [4.69, 9.17) is 11.6 Å². The smallest absolute Gasteiger partial charge is 0.257 e. The van der Waals surface area contributed by atoms with Gasteiger partial charge in [-0.15, -0.1) is 0 Å². The van der Waals surface area contributed by atoms with Gasteiger partial charge in [0, 0.05) is 43.5 Å². The maximum atomic E-state index is 12.4. The predicted molar refractivity (Wildman–Crippen MR) is 114 cm³/mol. The Bertz CT molecular complexity index is 857. The fourth-order valence-corrected chi connectivity index (χ4v) is 3.63. The van der Waals surface area contributed by atoms with Crippen molar-refractivity contribution in [2.45, 2.75) is 20.8 Å². The molecule has 0 aliphatic carbocycles. The number of piperazine rings is 1. The summed E-state index contributed by atoms with van der Waals surface area (Å²) < 4.78 is 0. The average molecular weight is 400 g/mol. The molecule has 1 saturated heterocycles. The number of carbonyl (C=O) groups excluding carboxylic acids is 2. The maximum Gasteiger partial charge on any atom is 0.257 e. The van der Waals surface area contributed by atoms with E-state index in [1.54, 1.807) is 12.1 Å². The van der Waals surface area contributed by atoms with Gasteiger partial charge in [-0.05, 0) is 48.9 Å². The summed E-state index contributed by atoms with van der Waals surface area (Å²) in [7, 11) is 0. The molecule has 2 aromatic rings. The van der Waals surface area contributed by atoms with Crippen molar-refractivity contribution >= 4 is 34.8 Å². The largest absolute Gasteiger partial charge is 0.368 e. The molecule has 6 heteroatoms. The zero-order valence-electron chi connectivity index (χ0n) is 16.5. The van der Waals surface area contributed by atoms with Crippen LogP contribution >= 0.6 is 11.6 Å². The van der Waals surface area contributed by atoms with Gasteiger partial charge in [0.2, 0.25) is 5.91 Å². The van der Waals surface area contributed by atoms with Crippen LogP contribution in [0.25, 0.3) is 0 Å². The van der Waals surface area contributed by atoms with E-state index in [9.17, 15) is 9.59 Å². The Balaban J connectivity index is 1.60. The minimum atomic E-state index is -0.224. The third kappa shape index (κ3) is 4.65. The van der Waals surface area contributed by atoms with Gasteiger partial charge in [0.05, 0.1) is 10.6 Å². The summed E-state index contributed by atoms with van der Waals surface area (Å²) in [4.78, 5) is 28.7. The minimum absolute atomic E-state index is 0.0384. The molecule has 1 aliphatic heterocycles. The van der Waals surface area contributed by atoms with Gasteiger partial charge in [-0.1, -0.05) is 31.5 Å². The number of anilines is 2. The Hall–Kier alpha value is -2.53. The fourth-order valence-electron chi connectivity index (χ4n) is 3.31. The lowest BCUT2D eigenvalue weighted by Gasteiger charge is -2.37. The maximum absolute atomic E-state index is 12.4. The molecule has 1 aliphatic rings. The van der Waals surface area contributed by atoms with E-state index in [0.29, 0.717) is 10.6 Å². The number of amides is 2. The van der Waals surface area contributed by atoms with Gasteiger partial charge < -0.3 is 15.1 Å². The second kappa shape index (κ2) is 8.65. The lowest BCUT2D eigenvalue weighted by Crippen LogP contribution is -2.49. The van der Waals surface area contributed by atoms with Crippen LogP contribution in [0.1, 0.15) is 29.8 Å². The molecule has 0 bridgehead atoms. The Morgan fingerprint density at radius 1 is 1.00 bits per heavy atom. The highest BCUT2D eigenvalue weighted by Crippen LogP contribution is 2.22. The van der Waals surface area contributed by atoms with Gasteiger partial charge in [-0.2, -0.15) is 0 Å². The third-order valence-electron chi connectivity index (χ3n) is 4.94. The molecule has 1 N–H and O–H groups in total. The zero-order chi connectivity index (χ0) is 20.3. The number of benzene rings is 2. The number of hydrogen-bond acceptors (Lipinski definition) is 3. The standard InChI is InChI=1S/C22H26ClN3O2/c1-15(2)22(28)26-12-10-25(11-13-26)18-7-5-17(6-8-18)24-21(27)19-9-4-16(3)14-20(19)23/h4-9,14-15H,10-13H2,1-3H3,(H,24,27). The first-order valence-electron chi connectivity index (χ1n) is 9.56. The van der Waals surface area contributed by atoms with Gasteiger partial charge in [0.1, 0.15) is 0 Å². The first-order valence-corrected chi connectivity index (χ1v) is 9.94. The van der Waals surface area contributed by atoms with E-state index in [0.717, 1.165) is 43.1 Å². The summed E-state index contributed by atoms with van der Waals surface area (Å²) in [6, 6.07) is 13.1. The molecular formula is C22H26ClN3O2. The van der Waals surface area contributed by atoms with Crippen molar-refractivity contribution in [3.63, 3.8) is 0 Å². The topological polar surface area (TPSA) is 52.7 Å². The SMILES string of the molecule is Cc1ccc(C(=O)Nc2ccc(N3CCN(C(=O)C(C)C)CC3)cc2)c(Cl)c1. The van der Waals surface area contributed by atoms with Gasteiger partial charge in [0.25, 0.3) is 5.91 Å². The molecule has 2 aromatic carbocycles. The van der Waals surface area contributed by atoms with Crippen LogP contribution in [-0.2, 0) is 4.79 Å². The number of nitrogens with zero attached hydrogens (tertiary/aromatic N) is 2. The average Bonchev–Trinajstić information content (AvgIpc) is 2.68. The summed E-state index contributed by atoms with van der Waals surface area (Å²) in [5.41, 5.74) is 3.28. The molecule has 148 valence electrons. The monoisotopic (exact) mass is 399 g/mol. The predicted octanol–water partition coefficient (Wildman–Crippen LogP) is 4.21. The van der Waals surface area contributed by atoms with Crippen molar-refractivity contribution in [1.29, 1.82) is 0 Å². The van der Waals surface area contributed by atoms with E-state index in [-0.39, 0.29) is 17.7 Å². The summed E-state index contributed by atoms with van der Waals surface area (Å²) in [6.07, 6.45) is 0. The molecule has 1 fully saturated rings. The van der Waals surface area contributed by atoms with Crippen LogP contribution in [0.2, 0.25) is 5.02 Å². The molecule has 0 atom stereocenters. The van der Waals surface area contributed by atoms with Crippen molar-refractivity contribution in [2.75, 3.05) is 36.4 Å². The quantitative estimate of drug-likeness (QED) is 0.838. The molecule has 0 radical (unpaired) electrons. The van der Waals surface area contributed by atoms with Crippen LogP contribution in [0.3, 0.4) is 0 Å². The lowest BCUT2D eigenvalue weighted by molar-refractivity contribution is -0.134. The van der Waals surface area contributed by atoms with Crippen molar-refractivity contribution in [3.8, 4) is 0 Å². The van der Waals surface area contributed by atoms with E-state index in [2.05, 4.69) is 10.2 Å². The second-order valence-corrected chi connectivity index (χ2v) is 7.86. The van der Waals surface area contributed by atoms with E-state index < -0.39 is 0 Å². The molecule has 5 nitrogen and oxygen atoms in total. The number of halogens is 1. The Morgan fingerprint density at radius 3 is 2.21 bits per heavy atom. The second-order valence-electron chi connectivity index (χ2n) is 7.45. The van der Waals surface area contributed by atoms with Crippen LogP contribution in [0.5, 0.6) is 0 Å². The van der Waals surface area contributed by atoms with Crippen LogP contribution in [0.15, 0.2) is 42.5 Å². The number of hydrogen-bond donors (Lipinski definition) is 1. The van der Waals surface area contributed by atoms with Crippen LogP contribution in [-0.4, -0.2) is 42.9 Å². The third-order valence-corrected chi connectivity index (χ3v) is 5.26. The van der Waals surface area contributed by atoms with Gasteiger partial charge in [0.15, 0.2) is 0 Å². The molecule has 0 unspecified atom stereocenters. The van der Waals surface area contributed by atoms with E-state index in [1.807, 2.05) is 56.0 Å². The van der Waals surface area contributed by atoms with E-state index >= 15 is 0 Å². The summed E-state index contributed by atoms with van der Waals surface area (Å²) in [6.45, 7) is 8.90. The minimum Gasteiger partial charge on any atom is -0.368 e. The molecule has 1 heterocycles. The number of carbonyl (C=O) groups is 2. The van der Waals surface area contributed by atoms with Crippen molar-refractivity contribution < 1.29 is 9.59 Å². The van der Waals surface area contributed by atoms with Gasteiger partial charge >= 0.3 is 0 Å². The molecule has 0 spiro atoms. The number of aryl methyl sites for hydroxylation is 1. The zero-order valence-corrected chi connectivity index (χ0v) is 17.3. The number of rotatable bonds is 4. The summed E-state index contributed by atoms with van der Waals surface area (Å²) in [5, 5.41) is 3.34. The lowest BCUT2D eigenvalue weighted by atomic mass is 10.1. The Morgan fingerprint density at radius 2 is 1.64 bits per heavy atom. The van der Waals surface area contributed by atoms with Gasteiger partial charge in [-0.3, -0.25) is 9.59 Å². The fraction of sp³-hybridized carbons (Fsp3) is 0.364. The molecule has 0 saturated carbocycles. The van der Waals surface area contributed by atoms with Gasteiger partial charge in [-0.25, -0.2) is 0 Å². The van der Waals surface area contributed by atoms with Crippen LogP contribution < -0.4 is 10.2 Å². The highest BCUT2D eigenvalue weighted by atomic mass is 35.5. The molecule has 3 rings (SSSR count). The summed E-state index contributed by atoms with van der Waals surface area (Å²) >= 11 is 6.18. The van der Waals surface area contributed by atoms with Crippen LogP contribution in [0.4, 0.5) is 11.4 Å².